The lowest BCUT2D eigenvalue weighted by atomic mass is 10.4. The first-order chi connectivity index (χ1) is 7.63. The first-order valence-corrected chi connectivity index (χ1v) is 5.66. The molecule has 2 rings (SSSR count). The summed E-state index contributed by atoms with van der Waals surface area (Å²) in [6.45, 7) is 3.94. The van der Waals surface area contributed by atoms with E-state index in [4.69, 9.17) is 4.74 Å². The average molecular weight is 282 g/mol. The molecular weight excluding hydrogens is 270 g/mol. The van der Waals surface area contributed by atoms with E-state index in [1.165, 1.54) is 0 Å². The second-order valence-electron chi connectivity index (χ2n) is 3.43. The third kappa shape index (κ3) is 1.82. The number of nitrogens with zero attached hydrogens (tertiary/aromatic N) is 3. The van der Waals surface area contributed by atoms with E-state index >= 15 is 0 Å². The Labute approximate surface area is 102 Å². The molecule has 4 nitrogen and oxygen atoms in total. The Balaban J connectivity index is 2.54. The molecule has 0 spiro atoms. The van der Waals surface area contributed by atoms with E-state index in [0.29, 0.717) is 5.88 Å². The first-order valence-electron chi connectivity index (χ1n) is 4.86. The van der Waals surface area contributed by atoms with Crippen LogP contribution in [0.4, 0.5) is 0 Å². The van der Waals surface area contributed by atoms with Crippen LogP contribution in [0.5, 0.6) is 5.88 Å². The summed E-state index contributed by atoms with van der Waals surface area (Å²) in [5.74, 6) is 1.34. The standard InChI is InChI=1S/C11H12BrN3O/c1-7-11(12)8(2)15(14-7)9-5-4-6-10(13-9)16-3/h4-6H,1-3H3. The average Bonchev–Trinajstić information content (AvgIpc) is 2.57. The fourth-order valence-corrected chi connectivity index (χ4v) is 1.73. The highest BCUT2D eigenvalue weighted by Crippen LogP contribution is 2.22. The highest BCUT2D eigenvalue weighted by Gasteiger charge is 2.11. The zero-order valence-electron chi connectivity index (χ0n) is 9.36. The van der Waals surface area contributed by atoms with Gasteiger partial charge in [0, 0.05) is 6.07 Å². The van der Waals surface area contributed by atoms with Crippen molar-refractivity contribution in [2.24, 2.45) is 0 Å². The molecule has 0 amide bonds. The van der Waals surface area contributed by atoms with Crippen LogP contribution in [0.2, 0.25) is 0 Å². The van der Waals surface area contributed by atoms with Crippen LogP contribution in [0, 0.1) is 13.8 Å². The molecule has 0 aliphatic carbocycles. The minimum atomic E-state index is 0.584. The molecule has 0 aliphatic heterocycles. The second-order valence-corrected chi connectivity index (χ2v) is 4.23. The van der Waals surface area contributed by atoms with Crippen molar-refractivity contribution in [3.8, 4) is 11.7 Å². The van der Waals surface area contributed by atoms with Gasteiger partial charge in [-0.05, 0) is 35.8 Å². The van der Waals surface area contributed by atoms with Crippen LogP contribution in [0.25, 0.3) is 5.82 Å². The van der Waals surface area contributed by atoms with E-state index in [9.17, 15) is 0 Å². The van der Waals surface area contributed by atoms with Gasteiger partial charge in [0.25, 0.3) is 0 Å². The van der Waals surface area contributed by atoms with Gasteiger partial charge < -0.3 is 4.74 Å². The van der Waals surface area contributed by atoms with Crippen molar-refractivity contribution in [1.29, 1.82) is 0 Å². The normalized spacial score (nSPS) is 10.5. The van der Waals surface area contributed by atoms with Crippen molar-refractivity contribution in [3.63, 3.8) is 0 Å². The van der Waals surface area contributed by atoms with Crippen LogP contribution < -0.4 is 4.74 Å². The number of pyridine rings is 1. The Morgan fingerprint density at radius 1 is 1.31 bits per heavy atom. The van der Waals surface area contributed by atoms with E-state index in [0.717, 1.165) is 21.7 Å². The maximum Gasteiger partial charge on any atom is 0.214 e. The highest BCUT2D eigenvalue weighted by atomic mass is 79.9. The Morgan fingerprint density at radius 3 is 2.62 bits per heavy atom. The number of halogens is 1. The topological polar surface area (TPSA) is 39.9 Å². The molecule has 0 bridgehead atoms. The minimum Gasteiger partial charge on any atom is -0.481 e. The van der Waals surface area contributed by atoms with Crippen molar-refractivity contribution in [3.05, 3.63) is 34.1 Å². The monoisotopic (exact) mass is 281 g/mol. The quantitative estimate of drug-likeness (QED) is 0.850. The summed E-state index contributed by atoms with van der Waals surface area (Å²) in [5.41, 5.74) is 1.97. The van der Waals surface area contributed by atoms with E-state index < -0.39 is 0 Å². The number of ether oxygens (including phenoxy) is 1. The Kier molecular flexibility index (Phi) is 2.96. The third-order valence-electron chi connectivity index (χ3n) is 2.34. The summed E-state index contributed by atoms with van der Waals surface area (Å²) in [5, 5.41) is 4.41. The summed E-state index contributed by atoms with van der Waals surface area (Å²) < 4.78 is 7.89. The lowest BCUT2D eigenvalue weighted by Gasteiger charge is -2.04. The van der Waals surface area contributed by atoms with Gasteiger partial charge in [0.1, 0.15) is 0 Å². The summed E-state index contributed by atoms with van der Waals surface area (Å²) in [4.78, 5) is 4.33. The molecule has 0 fully saturated rings. The van der Waals surface area contributed by atoms with E-state index in [2.05, 4.69) is 26.0 Å². The molecule has 2 aromatic rings. The van der Waals surface area contributed by atoms with Crippen LogP contribution >= 0.6 is 15.9 Å². The number of rotatable bonds is 2. The Hall–Kier alpha value is -1.36. The van der Waals surface area contributed by atoms with Gasteiger partial charge in [-0.3, -0.25) is 0 Å². The fraction of sp³-hybridized carbons (Fsp3) is 0.273. The summed E-state index contributed by atoms with van der Waals surface area (Å²) in [6, 6.07) is 5.60. The number of aryl methyl sites for hydroxylation is 1. The van der Waals surface area contributed by atoms with E-state index in [-0.39, 0.29) is 0 Å². The zero-order valence-corrected chi connectivity index (χ0v) is 10.9. The predicted octanol–water partition coefficient (Wildman–Crippen LogP) is 2.66. The van der Waals surface area contributed by atoms with Crippen LogP contribution in [0.15, 0.2) is 22.7 Å². The predicted molar refractivity (Wildman–Crippen MR) is 65.1 cm³/mol. The van der Waals surface area contributed by atoms with Gasteiger partial charge in [-0.1, -0.05) is 6.07 Å². The number of hydrogen-bond donors (Lipinski definition) is 0. The van der Waals surface area contributed by atoms with E-state index in [1.807, 2.05) is 32.0 Å². The maximum absolute atomic E-state index is 5.09. The molecule has 16 heavy (non-hydrogen) atoms. The number of hydrogen-bond acceptors (Lipinski definition) is 3. The lowest BCUT2D eigenvalue weighted by Crippen LogP contribution is -2.02. The van der Waals surface area contributed by atoms with Crippen molar-refractivity contribution < 1.29 is 4.74 Å². The molecule has 0 radical (unpaired) electrons. The highest BCUT2D eigenvalue weighted by molar-refractivity contribution is 9.10. The van der Waals surface area contributed by atoms with Crippen molar-refractivity contribution >= 4 is 15.9 Å². The molecule has 0 saturated heterocycles. The molecule has 0 atom stereocenters. The smallest absolute Gasteiger partial charge is 0.214 e. The van der Waals surface area contributed by atoms with Crippen LogP contribution in [0.3, 0.4) is 0 Å². The lowest BCUT2D eigenvalue weighted by molar-refractivity contribution is 0.397. The first kappa shape index (κ1) is 11.1. The molecule has 0 N–H and O–H groups in total. The Bertz CT molecular complexity index is 522. The van der Waals surface area contributed by atoms with Gasteiger partial charge >= 0.3 is 0 Å². The molecule has 0 saturated carbocycles. The van der Waals surface area contributed by atoms with Gasteiger partial charge in [-0.2, -0.15) is 10.1 Å². The van der Waals surface area contributed by atoms with Gasteiger partial charge in [-0.25, -0.2) is 4.68 Å². The molecule has 2 heterocycles. The largest absolute Gasteiger partial charge is 0.481 e. The van der Waals surface area contributed by atoms with Gasteiger partial charge in [0.2, 0.25) is 5.88 Å². The van der Waals surface area contributed by atoms with Crippen LogP contribution in [-0.4, -0.2) is 21.9 Å². The second kappa shape index (κ2) is 4.25. The molecule has 0 aliphatic rings. The van der Waals surface area contributed by atoms with Crippen molar-refractivity contribution in [1.82, 2.24) is 14.8 Å². The number of methoxy groups -OCH3 is 1. The van der Waals surface area contributed by atoms with Gasteiger partial charge in [-0.15, -0.1) is 0 Å². The van der Waals surface area contributed by atoms with Gasteiger partial charge in [0.15, 0.2) is 5.82 Å². The third-order valence-corrected chi connectivity index (χ3v) is 3.49. The molecule has 0 aromatic carbocycles. The van der Waals surface area contributed by atoms with Gasteiger partial charge in [0.05, 0.1) is 23.0 Å². The fourth-order valence-electron chi connectivity index (χ4n) is 1.48. The SMILES string of the molecule is COc1cccc(-n2nc(C)c(Br)c2C)n1. The van der Waals surface area contributed by atoms with E-state index in [1.54, 1.807) is 11.8 Å². The van der Waals surface area contributed by atoms with Crippen LogP contribution in [-0.2, 0) is 0 Å². The minimum absolute atomic E-state index is 0.584. The number of aromatic nitrogens is 3. The molecule has 0 unspecified atom stereocenters. The summed E-state index contributed by atoms with van der Waals surface area (Å²) in [7, 11) is 1.60. The summed E-state index contributed by atoms with van der Waals surface area (Å²) >= 11 is 3.49. The Morgan fingerprint density at radius 2 is 2.06 bits per heavy atom. The molecule has 84 valence electrons. The van der Waals surface area contributed by atoms with Crippen molar-refractivity contribution in [2.45, 2.75) is 13.8 Å². The molecule has 2 aromatic heterocycles. The molecule has 5 heteroatoms. The molecular formula is C11H12BrN3O. The summed E-state index contributed by atoms with van der Waals surface area (Å²) in [6.07, 6.45) is 0. The zero-order chi connectivity index (χ0) is 11.7. The van der Waals surface area contributed by atoms with Crippen LogP contribution in [0.1, 0.15) is 11.4 Å². The maximum atomic E-state index is 5.09. The van der Waals surface area contributed by atoms with Crippen molar-refractivity contribution in [2.75, 3.05) is 7.11 Å².